The van der Waals surface area contributed by atoms with Crippen LogP contribution in [0.4, 0.5) is 5.69 Å². The van der Waals surface area contributed by atoms with E-state index in [2.05, 4.69) is 0 Å². The minimum Gasteiger partial charge on any atom is -0.494 e. The van der Waals surface area contributed by atoms with Gasteiger partial charge in [0.25, 0.3) is 0 Å². The fraction of sp³-hybridized carbons (Fsp3) is 0.158. The number of hydrogen-bond acceptors (Lipinski definition) is 6. The Labute approximate surface area is 159 Å². The molecule has 9 heteroatoms. The Morgan fingerprint density at radius 2 is 1.79 bits per heavy atom. The molecule has 0 atom stereocenters. The van der Waals surface area contributed by atoms with E-state index in [4.69, 9.17) is 15.2 Å². The predicted octanol–water partition coefficient (Wildman–Crippen LogP) is 2.50. The second-order valence-corrected chi connectivity index (χ2v) is 6.02. The first kappa shape index (κ1) is 18.9. The first-order chi connectivity index (χ1) is 13.3. The first-order valence-corrected chi connectivity index (χ1v) is 8.15. The number of primary amides is 1. The van der Waals surface area contributed by atoms with Crippen molar-refractivity contribution in [3.63, 3.8) is 0 Å². The van der Waals surface area contributed by atoms with Gasteiger partial charge in [-0.1, -0.05) is 0 Å². The van der Waals surface area contributed by atoms with Crippen molar-refractivity contribution in [3.8, 4) is 11.5 Å². The summed E-state index contributed by atoms with van der Waals surface area (Å²) in [5.74, 6) is -0.597. The van der Waals surface area contributed by atoms with Crippen molar-refractivity contribution < 1.29 is 24.0 Å². The average Bonchev–Trinajstić information content (AvgIpc) is 2.96. The number of nitro benzene ring substituents is 1. The van der Waals surface area contributed by atoms with Gasteiger partial charge in [0.1, 0.15) is 11.4 Å². The molecule has 2 aromatic heterocycles. The molecule has 2 N–H and O–H groups in total. The Morgan fingerprint density at radius 3 is 2.36 bits per heavy atom. The first-order valence-electron chi connectivity index (χ1n) is 8.15. The van der Waals surface area contributed by atoms with Crippen LogP contribution in [0.15, 0.2) is 36.5 Å². The lowest BCUT2D eigenvalue weighted by atomic mass is 10.0. The van der Waals surface area contributed by atoms with Crippen LogP contribution >= 0.6 is 0 Å². The van der Waals surface area contributed by atoms with Crippen molar-refractivity contribution in [2.45, 2.75) is 6.92 Å². The smallest absolute Gasteiger partial charge is 0.310 e. The number of carbonyl (C=O) groups excluding carboxylic acids is 2. The van der Waals surface area contributed by atoms with Crippen LogP contribution in [0, 0.1) is 17.0 Å². The number of nitrogens with zero attached hydrogens (tertiary/aromatic N) is 2. The van der Waals surface area contributed by atoms with Crippen LogP contribution in [0.2, 0.25) is 0 Å². The molecule has 0 radical (unpaired) electrons. The van der Waals surface area contributed by atoms with Gasteiger partial charge >= 0.3 is 5.69 Å². The van der Waals surface area contributed by atoms with Gasteiger partial charge in [0.05, 0.1) is 30.2 Å². The molecule has 0 fully saturated rings. The zero-order chi connectivity index (χ0) is 20.6. The molecule has 1 amide bonds. The van der Waals surface area contributed by atoms with E-state index in [9.17, 15) is 19.7 Å². The van der Waals surface area contributed by atoms with Crippen molar-refractivity contribution in [1.29, 1.82) is 0 Å². The number of pyridine rings is 1. The molecule has 0 aliphatic rings. The Morgan fingerprint density at radius 1 is 1.11 bits per heavy atom. The van der Waals surface area contributed by atoms with Crippen molar-refractivity contribution >= 4 is 22.9 Å². The van der Waals surface area contributed by atoms with E-state index in [1.807, 2.05) is 0 Å². The number of methoxy groups -OCH3 is 2. The molecule has 1 aromatic carbocycles. The predicted molar refractivity (Wildman–Crippen MR) is 100 cm³/mol. The number of ketones is 1. The van der Waals surface area contributed by atoms with E-state index in [0.717, 1.165) is 0 Å². The minimum absolute atomic E-state index is 0.0286. The van der Waals surface area contributed by atoms with Crippen molar-refractivity contribution in [2.24, 2.45) is 5.73 Å². The van der Waals surface area contributed by atoms with Crippen molar-refractivity contribution in [1.82, 2.24) is 4.40 Å². The number of nitro groups is 1. The van der Waals surface area contributed by atoms with E-state index in [-0.39, 0.29) is 28.3 Å². The Kier molecular flexibility index (Phi) is 4.74. The molecule has 9 nitrogen and oxygen atoms in total. The van der Waals surface area contributed by atoms with Crippen LogP contribution in [-0.2, 0) is 0 Å². The van der Waals surface area contributed by atoms with Crippen LogP contribution in [0.25, 0.3) is 5.52 Å². The minimum atomic E-state index is -0.636. The number of amides is 1. The van der Waals surface area contributed by atoms with Crippen LogP contribution in [0.5, 0.6) is 11.5 Å². The standard InChI is InChI=1S/C19H17N3O6/c1-10-16(17(23)11-4-6-13(22(25)26)15(8-11)27-2)21-9-12(19(20)24)5-7-14(21)18(10)28-3/h4-9H,1-3H3,(H2,20,24). The van der Waals surface area contributed by atoms with Gasteiger partial charge in [-0.05, 0) is 31.2 Å². The van der Waals surface area contributed by atoms with Crippen molar-refractivity contribution in [2.75, 3.05) is 14.2 Å². The van der Waals surface area contributed by atoms with Crippen LogP contribution in [0.1, 0.15) is 32.0 Å². The number of hydrogen-bond donors (Lipinski definition) is 1. The summed E-state index contributed by atoms with van der Waals surface area (Å²) in [4.78, 5) is 35.3. The SMILES string of the molecule is COc1cc(C(=O)c2c(C)c(OC)c3ccc(C(N)=O)cn23)ccc1[N+](=O)[O-]. The molecular weight excluding hydrogens is 366 g/mol. The quantitative estimate of drug-likeness (QED) is 0.396. The summed E-state index contributed by atoms with van der Waals surface area (Å²) in [6, 6.07) is 7.06. The summed E-state index contributed by atoms with van der Waals surface area (Å²) < 4.78 is 12.0. The van der Waals surface area contributed by atoms with Gasteiger partial charge in [0, 0.05) is 23.4 Å². The van der Waals surface area contributed by atoms with E-state index < -0.39 is 16.6 Å². The second-order valence-electron chi connectivity index (χ2n) is 6.02. The third-order valence-corrected chi connectivity index (χ3v) is 4.46. The monoisotopic (exact) mass is 383 g/mol. The fourth-order valence-electron chi connectivity index (χ4n) is 3.14. The van der Waals surface area contributed by atoms with Gasteiger partial charge in [-0.15, -0.1) is 0 Å². The van der Waals surface area contributed by atoms with Crippen LogP contribution < -0.4 is 15.2 Å². The molecular formula is C19H17N3O6. The molecule has 3 aromatic rings. The summed E-state index contributed by atoms with van der Waals surface area (Å²) in [6.07, 6.45) is 1.46. The Balaban J connectivity index is 2.24. The highest BCUT2D eigenvalue weighted by Gasteiger charge is 2.25. The zero-order valence-corrected chi connectivity index (χ0v) is 15.4. The van der Waals surface area contributed by atoms with E-state index in [1.54, 1.807) is 19.1 Å². The number of nitrogens with two attached hydrogens (primary N) is 1. The maximum Gasteiger partial charge on any atom is 0.310 e. The molecule has 2 heterocycles. The van der Waals surface area contributed by atoms with Gasteiger partial charge in [0.2, 0.25) is 11.7 Å². The molecule has 0 spiro atoms. The molecule has 3 rings (SSSR count). The maximum absolute atomic E-state index is 13.2. The normalized spacial score (nSPS) is 10.7. The number of fused-ring (bicyclic) bond motifs is 1. The number of benzene rings is 1. The van der Waals surface area contributed by atoms with E-state index in [0.29, 0.717) is 16.8 Å². The largest absolute Gasteiger partial charge is 0.494 e. The van der Waals surface area contributed by atoms with E-state index >= 15 is 0 Å². The number of carbonyl (C=O) groups is 2. The second kappa shape index (κ2) is 7.03. The fourth-order valence-corrected chi connectivity index (χ4v) is 3.14. The maximum atomic E-state index is 13.2. The topological polar surface area (TPSA) is 126 Å². The number of aromatic nitrogens is 1. The van der Waals surface area contributed by atoms with Gasteiger partial charge in [0.15, 0.2) is 5.75 Å². The van der Waals surface area contributed by atoms with Crippen LogP contribution in [-0.4, -0.2) is 35.2 Å². The Bertz CT molecular complexity index is 1130. The zero-order valence-electron chi connectivity index (χ0n) is 15.4. The third kappa shape index (κ3) is 2.92. The third-order valence-electron chi connectivity index (χ3n) is 4.46. The highest BCUT2D eigenvalue weighted by Crippen LogP contribution is 2.34. The molecule has 0 aliphatic carbocycles. The molecule has 28 heavy (non-hydrogen) atoms. The molecule has 0 bridgehead atoms. The van der Waals surface area contributed by atoms with Gasteiger partial charge in [-0.2, -0.15) is 0 Å². The van der Waals surface area contributed by atoms with Gasteiger partial charge in [-0.25, -0.2) is 0 Å². The summed E-state index contributed by atoms with van der Waals surface area (Å²) in [6.45, 7) is 1.71. The molecule has 0 unspecified atom stereocenters. The summed E-state index contributed by atoms with van der Waals surface area (Å²) in [7, 11) is 2.77. The summed E-state index contributed by atoms with van der Waals surface area (Å²) in [5, 5.41) is 11.1. The number of ether oxygens (including phenoxy) is 2. The lowest BCUT2D eigenvalue weighted by Gasteiger charge is -2.07. The van der Waals surface area contributed by atoms with Crippen molar-refractivity contribution in [3.05, 3.63) is 69.0 Å². The lowest BCUT2D eigenvalue weighted by Crippen LogP contribution is -2.13. The molecule has 0 aliphatic heterocycles. The van der Waals surface area contributed by atoms with Crippen LogP contribution in [0.3, 0.4) is 0 Å². The number of rotatable bonds is 6. The summed E-state index contributed by atoms with van der Waals surface area (Å²) in [5.41, 5.74) is 6.92. The Hall–Kier alpha value is -3.88. The summed E-state index contributed by atoms with van der Waals surface area (Å²) >= 11 is 0. The molecule has 0 saturated heterocycles. The lowest BCUT2D eigenvalue weighted by molar-refractivity contribution is -0.385. The van der Waals surface area contributed by atoms with Gasteiger partial charge < -0.3 is 19.6 Å². The van der Waals surface area contributed by atoms with Gasteiger partial charge in [-0.3, -0.25) is 19.7 Å². The molecule has 144 valence electrons. The highest BCUT2D eigenvalue weighted by molar-refractivity contribution is 6.11. The molecule has 0 saturated carbocycles. The highest BCUT2D eigenvalue weighted by atomic mass is 16.6. The average molecular weight is 383 g/mol. The van der Waals surface area contributed by atoms with E-state index in [1.165, 1.54) is 43.0 Å².